The maximum absolute atomic E-state index is 13.4. The van der Waals surface area contributed by atoms with E-state index in [1.807, 2.05) is 11.0 Å². The quantitative estimate of drug-likeness (QED) is 0.724. The molecule has 0 aromatic heterocycles. The second-order valence-corrected chi connectivity index (χ2v) is 10.1. The maximum atomic E-state index is 13.4. The highest BCUT2D eigenvalue weighted by atomic mass is 32.2. The molecule has 2 aliphatic rings. The number of halogens is 3. The summed E-state index contributed by atoms with van der Waals surface area (Å²) in [5, 5.41) is 2.60. The van der Waals surface area contributed by atoms with E-state index in [4.69, 9.17) is 4.74 Å². The summed E-state index contributed by atoms with van der Waals surface area (Å²) >= 11 is 0. The van der Waals surface area contributed by atoms with Crippen LogP contribution < -0.4 is 10.2 Å². The average Bonchev–Trinajstić information content (AvgIpc) is 2.77. The Morgan fingerprint density at radius 3 is 2.39 bits per heavy atom. The molecule has 4 rings (SSSR count). The van der Waals surface area contributed by atoms with E-state index < -0.39 is 33.7 Å². The van der Waals surface area contributed by atoms with Gasteiger partial charge in [-0.1, -0.05) is 24.3 Å². The van der Waals surface area contributed by atoms with Crippen LogP contribution in [0.5, 0.6) is 0 Å². The molecule has 1 atom stereocenters. The van der Waals surface area contributed by atoms with Crippen molar-refractivity contribution in [1.29, 1.82) is 0 Å². The van der Waals surface area contributed by atoms with E-state index in [0.29, 0.717) is 32.0 Å². The third-order valence-corrected chi connectivity index (χ3v) is 7.10. The zero-order valence-electron chi connectivity index (χ0n) is 17.9. The van der Waals surface area contributed by atoms with Crippen LogP contribution in [0.1, 0.15) is 16.7 Å². The van der Waals surface area contributed by atoms with Crippen molar-refractivity contribution in [2.24, 2.45) is 0 Å². The Hall–Kier alpha value is -2.63. The van der Waals surface area contributed by atoms with Crippen molar-refractivity contribution in [2.75, 3.05) is 42.8 Å². The largest absolute Gasteiger partial charge is 0.416 e. The normalized spacial score (nSPS) is 19.8. The molecule has 0 bridgehead atoms. The zero-order chi connectivity index (χ0) is 23.8. The summed E-state index contributed by atoms with van der Waals surface area (Å²) in [5.74, 6) is -0.677. The van der Waals surface area contributed by atoms with E-state index in [-0.39, 0.29) is 18.7 Å². The number of sulfonamides is 1. The zero-order valence-corrected chi connectivity index (χ0v) is 18.7. The summed E-state index contributed by atoms with van der Waals surface area (Å²) in [7, 11) is -3.75. The van der Waals surface area contributed by atoms with Crippen LogP contribution in [0, 0.1) is 0 Å². The van der Waals surface area contributed by atoms with Crippen molar-refractivity contribution in [1.82, 2.24) is 4.31 Å². The summed E-state index contributed by atoms with van der Waals surface area (Å²) < 4.78 is 71.4. The van der Waals surface area contributed by atoms with Crippen LogP contribution in [0.4, 0.5) is 24.5 Å². The number of ether oxygens (including phenoxy) is 1. The lowest BCUT2D eigenvalue weighted by Gasteiger charge is -2.35. The van der Waals surface area contributed by atoms with Crippen molar-refractivity contribution < 1.29 is 31.1 Å². The van der Waals surface area contributed by atoms with Crippen LogP contribution >= 0.6 is 0 Å². The molecule has 1 saturated heterocycles. The molecular formula is C22H24F3N3O4S. The van der Waals surface area contributed by atoms with E-state index in [2.05, 4.69) is 5.32 Å². The SMILES string of the molecule is CS(=O)(=O)N1Cc2ccccc2C[C@@H]1C(=O)Nc1cc(C(F)(F)F)ccc1N1CCOCC1. The molecule has 1 amide bonds. The number of hydrogen-bond acceptors (Lipinski definition) is 5. The van der Waals surface area contributed by atoms with Crippen molar-refractivity contribution in [3.63, 3.8) is 0 Å². The summed E-state index contributed by atoms with van der Waals surface area (Å²) in [6.07, 6.45) is -3.45. The van der Waals surface area contributed by atoms with E-state index in [1.165, 1.54) is 6.07 Å². The van der Waals surface area contributed by atoms with Crippen molar-refractivity contribution in [2.45, 2.75) is 25.2 Å². The fourth-order valence-electron chi connectivity index (χ4n) is 4.18. The molecule has 2 aromatic carbocycles. The van der Waals surface area contributed by atoms with Crippen molar-refractivity contribution >= 4 is 27.3 Å². The van der Waals surface area contributed by atoms with Crippen LogP contribution in [-0.2, 0) is 38.7 Å². The summed E-state index contributed by atoms with van der Waals surface area (Å²) in [5.41, 5.74) is 1.14. The first-order valence-electron chi connectivity index (χ1n) is 10.4. The number of nitrogens with zero attached hydrogens (tertiary/aromatic N) is 2. The Morgan fingerprint density at radius 1 is 1.09 bits per heavy atom. The minimum absolute atomic E-state index is 0.0102. The van der Waals surface area contributed by atoms with Gasteiger partial charge in [0.25, 0.3) is 0 Å². The number of nitrogens with one attached hydrogen (secondary N) is 1. The third-order valence-electron chi connectivity index (χ3n) is 5.87. The molecule has 2 heterocycles. The average molecular weight is 484 g/mol. The van der Waals surface area contributed by atoms with E-state index in [0.717, 1.165) is 33.8 Å². The van der Waals surface area contributed by atoms with E-state index >= 15 is 0 Å². The highest BCUT2D eigenvalue weighted by molar-refractivity contribution is 7.88. The van der Waals surface area contributed by atoms with Gasteiger partial charge in [-0.3, -0.25) is 4.79 Å². The number of fused-ring (bicyclic) bond motifs is 1. The number of carbonyl (C=O) groups excluding carboxylic acids is 1. The predicted octanol–water partition coefficient (Wildman–Crippen LogP) is 2.87. The Balaban J connectivity index is 1.68. The molecule has 7 nitrogen and oxygen atoms in total. The molecule has 0 radical (unpaired) electrons. The molecule has 0 spiro atoms. The number of morpholine rings is 1. The van der Waals surface area contributed by atoms with Gasteiger partial charge in [0.05, 0.1) is 36.4 Å². The molecular weight excluding hydrogens is 459 g/mol. The molecule has 1 fully saturated rings. The smallest absolute Gasteiger partial charge is 0.378 e. The highest BCUT2D eigenvalue weighted by Crippen LogP contribution is 2.36. The van der Waals surface area contributed by atoms with E-state index in [1.54, 1.807) is 18.2 Å². The lowest BCUT2D eigenvalue weighted by molar-refractivity contribution is -0.137. The number of amides is 1. The number of benzene rings is 2. The number of anilines is 2. The molecule has 33 heavy (non-hydrogen) atoms. The fraction of sp³-hybridized carbons (Fsp3) is 0.409. The minimum Gasteiger partial charge on any atom is -0.378 e. The molecule has 178 valence electrons. The van der Waals surface area contributed by atoms with Crippen LogP contribution in [-0.4, -0.2) is 57.2 Å². The lowest BCUT2D eigenvalue weighted by atomic mass is 9.95. The summed E-state index contributed by atoms with van der Waals surface area (Å²) in [6, 6.07) is 9.31. The molecule has 11 heteroatoms. The molecule has 0 aliphatic carbocycles. The summed E-state index contributed by atoms with van der Waals surface area (Å²) in [4.78, 5) is 15.1. The van der Waals surface area contributed by atoms with Gasteiger partial charge in [0, 0.05) is 19.6 Å². The van der Waals surface area contributed by atoms with Gasteiger partial charge in [0.15, 0.2) is 0 Å². The number of alkyl halides is 3. The fourth-order valence-corrected chi connectivity index (χ4v) is 5.19. The van der Waals surface area contributed by atoms with Crippen LogP contribution in [0.25, 0.3) is 0 Å². The van der Waals surface area contributed by atoms with Gasteiger partial charge < -0.3 is 15.0 Å². The van der Waals surface area contributed by atoms with Gasteiger partial charge in [-0.2, -0.15) is 17.5 Å². The Labute approximate surface area is 190 Å². The number of rotatable bonds is 4. The molecule has 2 aromatic rings. The third kappa shape index (κ3) is 5.15. The van der Waals surface area contributed by atoms with Gasteiger partial charge in [-0.25, -0.2) is 8.42 Å². The van der Waals surface area contributed by atoms with Crippen molar-refractivity contribution in [3.8, 4) is 0 Å². The predicted molar refractivity (Wildman–Crippen MR) is 117 cm³/mol. The number of hydrogen-bond donors (Lipinski definition) is 1. The molecule has 0 saturated carbocycles. The van der Waals surface area contributed by atoms with Crippen LogP contribution in [0.15, 0.2) is 42.5 Å². The maximum Gasteiger partial charge on any atom is 0.416 e. The van der Waals surface area contributed by atoms with Gasteiger partial charge in [0.2, 0.25) is 15.9 Å². The Morgan fingerprint density at radius 2 is 1.76 bits per heavy atom. The Bertz CT molecular complexity index is 1150. The van der Waals surface area contributed by atoms with Crippen LogP contribution in [0.3, 0.4) is 0 Å². The van der Waals surface area contributed by atoms with Gasteiger partial charge in [-0.15, -0.1) is 0 Å². The second kappa shape index (κ2) is 8.96. The van der Waals surface area contributed by atoms with Gasteiger partial charge >= 0.3 is 6.18 Å². The minimum atomic E-state index is -4.59. The molecule has 1 N–H and O–H groups in total. The van der Waals surface area contributed by atoms with Crippen LogP contribution in [0.2, 0.25) is 0 Å². The second-order valence-electron chi connectivity index (χ2n) is 8.12. The highest BCUT2D eigenvalue weighted by Gasteiger charge is 2.38. The van der Waals surface area contributed by atoms with E-state index in [9.17, 15) is 26.4 Å². The lowest BCUT2D eigenvalue weighted by Crippen LogP contribution is -2.50. The molecule has 2 aliphatic heterocycles. The van der Waals surface area contributed by atoms with Crippen molar-refractivity contribution in [3.05, 3.63) is 59.2 Å². The first-order chi connectivity index (χ1) is 15.5. The topological polar surface area (TPSA) is 79.0 Å². The van der Waals surface area contributed by atoms with Gasteiger partial charge in [0.1, 0.15) is 6.04 Å². The monoisotopic (exact) mass is 483 g/mol. The standard InChI is InChI=1S/C22H24F3N3O4S/c1-33(30,31)28-14-16-5-3-2-4-15(16)12-20(28)21(29)26-18-13-17(22(23,24)25)6-7-19(18)27-8-10-32-11-9-27/h2-7,13,20H,8-12,14H2,1H3,(H,26,29)/t20-/m1/s1. The number of carbonyl (C=O) groups is 1. The first-order valence-corrected chi connectivity index (χ1v) is 12.3. The molecule has 0 unspecified atom stereocenters. The first kappa shape index (κ1) is 23.5. The Kier molecular flexibility index (Phi) is 6.39. The van der Waals surface area contributed by atoms with Gasteiger partial charge in [-0.05, 0) is 35.7 Å². The summed E-state index contributed by atoms with van der Waals surface area (Å²) in [6.45, 7) is 1.76.